The van der Waals surface area contributed by atoms with Gasteiger partial charge in [0.25, 0.3) is 0 Å². The monoisotopic (exact) mass is 276 g/mol. The second kappa shape index (κ2) is 5.80. The minimum atomic E-state index is 0.0568. The van der Waals surface area contributed by atoms with Gasteiger partial charge in [-0.25, -0.2) is 0 Å². The fraction of sp³-hybridized carbons (Fsp3) is 0.222. The number of carbonyl (C=O) groups excluding carboxylic acids is 1. The minimum absolute atomic E-state index is 0.0568. The number of rotatable bonds is 2. The van der Waals surface area contributed by atoms with Crippen molar-refractivity contribution in [2.45, 2.75) is 25.3 Å². The Hall–Kier alpha value is -2.60. The number of hydrogen-bond donors (Lipinski definition) is 0. The highest BCUT2D eigenvalue weighted by Gasteiger charge is 2.30. The highest BCUT2D eigenvalue weighted by Crippen LogP contribution is 2.35. The summed E-state index contributed by atoms with van der Waals surface area (Å²) in [6.45, 7) is 0. The first kappa shape index (κ1) is 13.4. The molecule has 0 radical (unpaired) electrons. The first-order valence-electron chi connectivity index (χ1n) is 7.17. The lowest BCUT2D eigenvalue weighted by atomic mass is 9.93. The van der Waals surface area contributed by atoms with Crippen molar-refractivity contribution in [3.8, 4) is 6.07 Å². The molecule has 1 atom stereocenters. The van der Waals surface area contributed by atoms with E-state index in [1.165, 1.54) is 0 Å². The summed E-state index contributed by atoms with van der Waals surface area (Å²) in [5.74, 6) is 0.168. The van der Waals surface area contributed by atoms with Crippen molar-refractivity contribution in [3.63, 3.8) is 0 Å². The summed E-state index contributed by atoms with van der Waals surface area (Å²) >= 11 is 0. The molecule has 0 N–H and O–H groups in total. The highest BCUT2D eigenvalue weighted by molar-refractivity contribution is 5.94. The summed E-state index contributed by atoms with van der Waals surface area (Å²) in [7, 11) is 0. The van der Waals surface area contributed by atoms with Gasteiger partial charge in [-0.1, -0.05) is 30.3 Å². The van der Waals surface area contributed by atoms with Gasteiger partial charge < -0.3 is 4.90 Å². The Kier molecular flexibility index (Phi) is 3.70. The molecule has 3 rings (SSSR count). The summed E-state index contributed by atoms with van der Waals surface area (Å²) in [6, 6.07) is 19.5. The van der Waals surface area contributed by atoms with Crippen molar-refractivity contribution in [3.05, 3.63) is 65.7 Å². The third-order valence-corrected chi connectivity index (χ3v) is 3.91. The average molecular weight is 276 g/mol. The van der Waals surface area contributed by atoms with Gasteiger partial charge in [0.05, 0.1) is 17.7 Å². The predicted octanol–water partition coefficient (Wildman–Crippen LogP) is 3.82. The molecule has 3 heteroatoms. The van der Waals surface area contributed by atoms with Crippen molar-refractivity contribution < 1.29 is 4.79 Å². The van der Waals surface area contributed by atoms with Crippen LogP contribution in [0, 0.1) is 11.3 Å². The van der Waals surface area contributed by atoms with Crippen LogP contribution in [0.15, 0.2) is 54.6 Å². The van der Waals surface area contributed by atoms with Gasteiger partial charge in [-0.05, 0) is 42.7 Å². The molecule has 0 bridgehead atoms. The molecule has 1 saturated heterocycles. The Labute approximate surface area is 124 Å². The molecule has 1 aliphatic heterocycles. The van der Waals surface area contributed by atoms with E-state index in [-0.39, 0.29) is 11.9 Å². The number of amides is 1. The molecule has 1 amide bonds. The Balaban J connectivity index is 1.97. The van der Waals surface area contributed by atoms with E-state index >= 15 is 0 Å². The van der Waals surface area contributed by atoms with Crippen LogP contribution in [0.2, 0.25) is 0 Å². The molecule has 0 spiro atoms. The molecular weight excluding hydrogens is 260 g/mol. The van der Waals surface area contributed by atoms with Crippen molar-refractivity contribution in [1.29, 1.82) is 5.26 Å². The first-order valence-corrected chi connectivity index (χ1v) is 7.17. The molecule has 2 aromatic rings. The number of para-hydroxylation sites is 1. The molecule has 2 aromatic carbocycles. The van der Waals surface area contributed by atoms with Crippen LogP contribution in [0.4, 0.5) is 5.69 Å². The number of piperidine rings is 1. The van der Waals surface area contributed by atoms with Crippen molar-refractivity contribution >= 4 is 11.6 Å². The predicted molar refractivity (Wildman–Crippen MR) is 81.7 cm³/mol. The van der Waals surface area contributed by atoms with Crippen molar-refractivity contribution in [2.24, 2.45) is 0 Å². The molecule has 0 aliphatic carbocycles. The maximum absolute atomic E-state index is 12.4. The van der Waals surface area contributed by atoms with E-state index in [4.69, 9.17) is 5.26 Å². The lowest BCUT2D eigenvalue weighted by Crippen LogP contribution is -2.38. The molecule has 21 heavy (non-hydrogen) atoms. The third kappa shape index (κ3) is 2.66. The maximum atomic E-state index is 12.4. The topological polar surface area (TPSA) is 44.1 Å². The molecule has 1 aliphatic rings. The number of benzene rings is 2. The zero-order valence-corrected chi connectivity index (χ0v) is 11.7. The largest absolute Gasteiger partial charge is 0.305 e. The fourth-order valence-corrected chi connectivity index (χ4v) is 2.88. The number of anilines is 1. The zero-order chi connectivity index (χ0) is 14.7. The molecular formula is C18H16N2O. The smallest absolute Gasteiger partial charge is 0.227 e. The summed E-state index contributed by atoms with van der Waals surface area (Å²) in [6.07, 6.45) is 2.46. The van der Waals surface area contributed by atoms with E-state index in [1.54, 1.807) is 0 Å². The van der Waals surface area contributed by atoms with Crippen LogP contribution < -0.4 is 4.90 Å². The second-order valence-corrected chi connectivity index (χ2v) is 5.24. The second-order valence-electron chi connectivity index (χ2n) is 5.24. The molecule has 1 unspecified atom stereocenters. The highest BCUT2D eigenvalue weighted by atomic mass is 16.2. The number of carbonyl (C=O) groups is 1. The van der Waals surface area contributed by atoms with Gasteiger partial charge in [-0.15, -0.1) is 0 Å². The Morgan fingerprint density at radius 1 is 1.05 bits per heavy atom. The van der Waals surface area contributed by atoms with Gasteiger partial charge in [0.2, 0.25) is 5.91 Å². The van der Waals surface area contributed by atoms with E-state index in [0.29, 0.717) is 12.0 Å². The van der Waals surface area contributed by atoms with E-state index in [1.807, 2.05) is 59.5 Å². The van der Waals surface area contributed by atoms with Crippen LogP contribution in [-0.2, 0) is 4.79 Å². The van der Waals surface area contributed by atoms with Crippen molar-refractivity contribution in [1.82, 2.24) is 0 Å². The molecule has 104 valence electrons. The summed E-state index contributed by atoms with van der Waals surface area (Å²) in [4.78, 5) is 14.3. The lowest BCUT2D eigenvalue weighted by molar-refractivity contribution is -0.120. The Morgan fingerprint density at radius 2 is 1.76 bits per heavy atom. The number of nitrogens with zero attached hydrogens (tertiary/aromatic N) is 2. The van der Waals surface area contributed by atoms with Crippen LogP contribution >= 0.6 is 0 Å². The average Bonchev–Trinajstić information content (AvgIpc) is 2.55. The molecule has 1 fully saturated rings. The number of nitriles is 1. The quantitative estimate of drug-likeness (QED) is 0.837. The van der Waals surface area contributed by atoms with Crippen molar-refractivity contribution in [2.75, 3.05) is 4.90 Å². The minimum Gasteiger partial charge on any atom is -0.305 e. The molecule has 1 heterocycles. The van der Waals surface area contributed by atoms with Gasteiger partial charge in [-0.3, -0.25) is 4.79 Å². The first-order chi connectivity index (χ1) is 10.3. The van der Waals surface area contributed by atoms with E-state index < -0.39 is 0 Å². The van der Waals surface area contributed by atoms with Gasteiger partial charge in [-0.2, -0.15) is 5.26 Å². The third-order valence-electron chi connectivity index (χ3n) is 3.91. The SMILES string of the molecule is N#Cc1ccc(C2CCCC(=O)N2c2ccccc2)cc1. The summed E-state index contributed by atoms with van der Waals surface area (Å²) < 4.78 is 0. The standard InChI is InChI=1S/C18H16N2O/c19-13-14-9-11-15(12-10-14)17-7-4-8-18(21)20(17)16-5-2-1-3-6-16/h1-3,5-6,9-12,17H,4,7-8H2. The van der Waals surface area contributed by atoms with Gasteiger partial charge in [0.1, 0.15) is 0 Å². The van der Waals surface area contributed by atoms with E-state index in [9.17, 15) is 4.79 Å². The van der Waals surface area contributed by atoms with E-state index in [0.717, 1.165) is 24.1 Å². The number of hydrogen-bond acceptors (Lipinski definition) is 2. The molecule has 0 saturated carbocycles. The van der Waals surface area contributed by atoms with Crippen LogP contribution in [0.3, 0.4) is 0 Å². The lowest BCUT2D eigenvalue weighted by Gasteiger charge is -2.36. The van der Waals surface area contributed by atoms with Crippen LogP contribution in [0.5, 0.6) is 0 Å². The summed E-state index contributed by atoms with van der Waals surface area (Å²) in [5.41, 5.74) is 2.68. The fourth-order valence-electron chi connectivity index (χ4n) is 2.88. The van der Waals surface area contributed by atoms with Crippen LogP contribution in [0.25, 0.3) is 0 Å². The van der Waals surface area contributed by atoms with Crippen LogP contribution in [0.1, 0.15) is 36.4 Å². The van der Waals surface area contributed by atoms with Gasteiger partial charge >= 0.3 is 0 Å². The van der Waals surface area contributed by atoms with Crippen LogP contribution in [-0.4, -0.2) is 5.91 Å². The normalized spacial score (nSPS) is 18.3. The van der Waals surface area contributed by atoms with Gasteiger partial charge in [0, 0.05) is 12.1 Å². The van der Waals surface area contributed by atoms with Gasteiger partial charge in [0.15, 0.2) is 0 Å². The Morgan fingerprint density at radius 3 is 2.43 bits per heavy atom. The molecule has 3 nitrogen and oxygen atoms in total. The zero-order valence-electron chi connectivity index (χ0n) is 11.7. The molecule has 0 aromatic heterocycles. The maximum Gasteiger partial charge on any atom is 0.227 e. The summed E-state index contributed by atoms with van der Waals surface area (Å²) in [5, 5.41) is 8.90. The van der Waals surface area contributed by atoms with E-state index in [2.05, 4.69) is 6.07 Å². The Bertz CT molecular complexity index is 671.